The molecule has 0 bridgehead atoms. The first-order chi connectivity index (χ1) is 9.91. The van der Waals surface area contributed by atoms with Crippen molar-refractivity contribution in [2.75, 3.05) is 31.6 Å². The molecule has 1 saturated heterocycles. The average molecular weight is 346 g/mol. The molecular formula is C14H20ClN3O3S. The highest BCUT2D eigenvalue weighted by molar-refractivity contribution is 7.89. The normalized spacial score (nSPS) is 17.9. The summed E-state index contributed by atoms with van der Waals surface area (Å²) in [6.07, 6.45) is 0.775. The standard InChI is InChI=1S/C14H19N3O3S.ClH/c1-10(18)17-6-5-11-3-4-13(7-14(11)17)21(19,20)16(2)12-8-15-9-12;/h3-4,7,12,15H,5-6,8-9H2,1-2H3;1H. The van der Waals surface area contributed by atoms with E-state index in [-0.39, 0.29) is 29.3 Å². The summed E-state index contributed by atoms with van der Waals surface area (Å²) >= 11 is 0. The number of anilines is 1. The number of nitrogens with one attached hydrogen (secondary N) is 1. The molecule has 1 aromatic carbocycles. The summed E-state index contributed by atoms with van der Waals surface area (Å²) in [5.41, 5.74) is 1.75. The number of amides is 1. The van der Waals surface area contributed by atoms with Crippen LogP contribution in [-0.4, -0.2) is 51.4 Å². The maximum atomic E-state index is 12.6. The van der Waals surface area contributed by atoms with Crippen LogP contribution in [0.25, 0.3) is 0 Å². The lowest BCUT2D eigenvalue weighted by Gasteiger charge is -2.34. The van der Waals surface area contributed by atoms with Gasteiger partial charge >= 0.3 is 0 Å². The van der Waals surface area contributed by atoms with Crippen molar-refractivity contribution in [3.63, 3.8) is 0 Å². The van der Waals surface area contributed by atoms with Gasteiger partial charge in [0.15, 0.2) is 0 Å². The molecule has 0 aliphatic carbocycles. The Labute approximate surface area is 136 Å². The van der Waals surface area contributed by atoms with Gasteiger partial charge in [-0.15, -0.1) is 12.4 Å². The minimum Gasteiger partial charge on any atom is -0.313 e. The fourth-order valence-corrected chi connectivity index (χ4v) is 4.11. The molecule has 1 amide bonds. The molecule has 0 aromatic heterocycles. The quantitative estimate of drug-likeness (QED) is 0.871. The Bertz CT molecular complexity index is 689. The Morgan fingerprint density at radius 1 is 1.36 bits per heavy atom. The van der Waals surface area contributed by atoms with E-state index in [1.54, 1.807) is 24.1 Å². The van der Waals surface area contributed by atoms with E-state index >= 15 is 0 Å². The van der Waals surface area contributed by atoms with Crippen molar-refractivity contribution < 1.29 is 13.2 Å². The monoisotopic (exact) mass is 345 g/mol. The van der Waals surface area contributed by atoms with Gasteiger partial charge in [-0.3, -0.25) is 4.79 Å². The lowest BCUT2D eigenvalue weighted by Crippen LogP contribution is -2.57. The van der Waals surface area contributed by atoms with Crippen molar-refractivity contribution in [2.45, 2.75) is 24.3 Å². The van der Waals surface area contributed by atoms with Gasteiger partial charge in [-0.05, 0) is 24.1 Å². The third-order valence-electron chi connectivity index (χ3n) is 4.28. The molecule has 1 fully saturated rings. The maximum Gasteiger partial charge on any atom is 0.243 e. The molecule has 0 saturated carbocycles. The highest BCUT2D eigenvalue weighted by atomic mass is 35.5. The van der Waals surface area contributed by atoms with Crippen molar-refractivity contribution in [2.24, 2.45) is 0 Å². The fourth-order valence-electron chi connectivity index (χ4n) is 2.74. The highest BCUT2D eigenvalue weighted by Crippen LogP contribution is 2.31. The molecule has 2 aliphatic heterocycles. The second-order valence-corrected chi connectivity index (χ2v) is 7.54. The molecular weight excluding hydrogens is 326 g/mol. The SMILES string of the molecule is CC(=O)N1CCc2ccc(S(=O)(=O)N(C)C3CNC3)cc21.Cl. The average Bonchev–Trinajstić information content (AvgIpc) is 2.79. The third-order valence-corrected chi connectivity index (χ3v) is 6.19. The van der Waals surface area contributed by atoms with Gasteiger partial charge in [0.25, 0.3) is 0 Å². The van der Waals surface area contributed by atoms with Crippen molar-refractivity contribution in [1.29, 1.82) is 0 Å². The largest absolute Gasteiger partial charge is 0.313 e. The van der Waals surface area contributed by atoms with Crippen LogP contribution in [0.4, 0.5) is 5.69 Å². The number of carbonyl (C=O) groups excluding carboxylic acids is 1. The van der Waals surface area contributed by atoms with E-state index in [0.717, 1.165) is 17.7 Å². The molecule has 0 radical (unpaired) electrons. The van der Waals surface area contributed by atoms with Gasteiger partial charge < -0.3 is 10.2 Å². The molecule has 1 N–H and O–H groups in total. The van der Waals surface area contributed by atoms with Gasteiger partial charge in [0.05, 0.1) is 4.90 Å². The first-order valence-electron chi connectivity index (χ1n) is 7.01. The number of likely N-dealkylation sites (N-methyl/N-ethyl adjacent to an activating group) is 1. The summed E-state index contributed by atoms with van der Waals surface area (Å²) in [5.74, 6) is -0.0557. The molecule has 2 heterocycles. The fraction of sp³-hybridized carbons (Fsp3) is 0.500. The molecule has 22 heavy (non-hydrogen) atoms. The van der Waals surface area contributed by atoms with Crippen LogP contribution in [0.3, 0.4) is 0 Å². The summed E-state index contributed by atoms with van der Waals surface area (Å²) < 4.78 is 26.7. The Hall–Kier alpha value is -1.15. The number of benzene rings is 1. The first kappa shape index (κ1) is 17.2. The number of hydrogen-bond donors (Lipinski definition) is 1. The second-order valence-electron chi connectivity index (χ2n) is 5.54. The minimum absolute atomic E-state index is 0. The molecule has 0 atom stereocenters. The number of sulfonamides is 1. The summed E-state index contributed by atoms with van der Waals surface area (Å²) in [6.45, 7) is 3.49. The van der Waals surface area contributed by atoms with Crippen molar-refractivity contribution >= 4 is 34.0 Å². The summed E-state index contributed by atoms with van der Waals surface area (Å²) in [4.78, 5) is 13.5. The van der Waals surface area contributed by atoms with E-state index in [4.69, 9.17) is 0 Å². The maximum absolute atomic E-state index is 12.6. The molecule has 0 spiro atoms. The summed E-state index contributed by atoms with van der Waals surface area (Å²) in [7, 11) is -1.91. The van der Waals surface area contributed by atoms with Gasteiger partial charge in [-0.25, -0.2) is 8.42 Å². The van der Waals surface area contributed by atoms with Crippen molar-refractivity contribution in [1.82, 2.24) is 9.62 Å². The number of rotatable bonds is 3. The Morgan fingerprint density at radius 2 is 2.05 bits per heavy atom. The minimum atomic E-state index is -3.51. The van der Waals surface area contributed by atoms with E-state index in [0.29, 0.717) is 19.6 Å². The van der Waals surface area contributed by atoms with Gasteiger partial charge in [0.2, 0.25) is 15.9 Å². The number of carbonyl (C=O) groups is 1. The Kier molecular flexibility index (Phi) is 4.81. The summed E-state index contributed by atoms with van der Waals surface area (Å²) in [6, 6.07) is 5.09. The van der Waals surface area contributed by atoms with Gasteiger partial charge in [-0.2, -0.15) is 4.31 Å². The van der Waals surface area contributed by atoms with Crippen LogP contribution in [0.2, 0.25) is 0 Å². The predicted molar refractivity (Wildman–Crippen MR) is 87.0 cm³/mol. The van der Waals surface area contributed by atoms with Crippen LogP contribution >= 0.6 is 12.4 Å². The summed E-state index contributed by atoms with van der Waals surface area (Å²) in [5, 5.41) is 3.07. The Balaban J connectivity index is 0.00000176. The zero-order chi connectivity index (χ0) is 15.2. The van der Waals surface area contributed by atoms with E-state index in [9.17, 15) is 13.2 Å². The lowest BCUT2D eigenvalue weighted by molar-refractivity contribution is -0.116. The molecule has 2 aliphatic rings. The molecule has 1 aromatic rings. The van der Waals surface area contributed by atoms with Crippen LogP contribution in [0.5, 0.6) is 0 Å². The van der Waals surface area contributed by atoms with E-state index in [2.05, 4.69) is 5.32 Å². The van der Waals surface area contributed by atoms with E-state index < -0.39 is 10.0 Å². The smallest absolute Gasteiger partial charge is 0.243 e. The van der Waals surface area contributed by atoms with Gasteiger partial charge in [0.1, 0.15) is 0 Å². The number of hydrogen-bond acceptors (Lipinski definition) is 4. The van der Waals surface area contributed by atoms with Crippen molar-refractivity contribution in [3.8, 4) is 0 Å². The Morgan fingerprint density at radius 3 is 2.59 bits per heavy atom. The number of nitrogens with zero attached hydrogens (tertiary/aromatic N) is 2. The van der Waals surface area contributed by atoms with Crippen LogP contribution in [-0.2, 0) is 21.2 Å². The first-order valence-corrected chi connectivity index (χ1v) is 8.45. The molecule has 6 nitrogen and oxygen atoms in total. The zero-order valence-electron chi connectivity index (χ0n) is 12.6. The van der Waals surface area contributed by atoms with Crippen LogP contribution in [0, 0.1) is 0 Å². The second kappa shape index (κ2) is 6.16. The number of halogens is 1. The molecule has 122 valence electrons. The third kappa shape index (κ3) is 2.74. The van der Waals surface area contributed by atoms with E-state index in [1.807, 2.05) is 6.07 Å². The molecule has 8 heteroatoms. The highest BCUT2D eigenvalue weighted by Gasteiger charge is 2.33. The zero-order valence-corrected chi connectivity index (χ0v) is 14.2. The van der Waals surface area contributed by atoms with Gasteiger partial charge in [0, 0.05) is 45.3 Å². The molecule has 3 rings (SSSR count). The predicted octanol–water partition coefficient (Wildman–Crippen LogP) is 0.610. The van der Waals surface area contributed by atoms with Crippen molar-refractivity contribution in [3.05, 3.63) is 23.8 Å². The number of fused-ring (bicyclic) bond motifs is 1. The van der Waals surface area contributed by atoms with Gasteiger partial charge in [-0.1, -0.05) is 6.07 Å². The lowest BCUT2D eigenvalue weighted by atomic mass is 10.2. The van der Waals surface area contributed by atoms with E-state index in [1.165, 1.54) is 11.2 Å². The van der Waals surface area contributed by atoms with Crippen LogP contribution in [0.15, 0.2) is 23.1 Å². The molecule has 0 unspecified atom stereocenters. The topological polar surface area (TPSA) is 69.7 Å². The van der Waals surface area contributed by atoms with Crippen LogP contribution in [0.1, 0.15) is 12.5 Å². The van der Waals surface area contributed by atoms with Crippen LogP contribution < -0.4 is 10.2 Å².